The van der Waals surface area contributed by atoms with Crippen molar-refractivity contribution in [3.8, 4) is 0 Å². The Labute approximate surface area is 280 Å². The molecule has 4 fully saturated rings. The molecule has 0 saturated heterocycles. The lowest BCUT2D eigenvalue weighted by Gasteiger charge is -2.36. The molecule has 0 heteroatoms. The number of hydrogen-bond donors (Lipinski definition) is 0. The second-order valence-electron chi connectivity index (χ2n) is 14.3. The molecule has 0 N–H and O–H groups in total. The molecule has 0 spiro atoms. The summed E-state index contributed by atoms with van der Waals surface area (Å²) < 4.78 is 0. The van der Waals surface area contributed by atoms with E-state index in [0.29, 0.717) is 0 Å². The molecule has 4 saturated carbocycles. The van der Waals surface area contributed by atoms with Crippen molar-refractivity contribution in [2.45, 2.75) is 246 Å². The van der Waals surface area contributed by atoms with Crippen molar-refractivity contribution in [3.05, 3.63) is 0 Å². The molecule has 43 heavy (non-hydrogen) atoms. The van der Waals surface area contributed by atoms with Crippen LogP contribution in [-0.2, 0) is 0 Å². The summed E-state index contributed by atoms with van der Waals surface area (Å²) in [4.78, 5) is 0. The first-order chi connectivity index (χ1) is 19.0. The molecule has 0 unspecified atom stereocenters. The lowest BCUT2D eigenvalue weighted by atomic mass is 9.70. The van der Waals surface area contributed by atoms with Gasteiger partial charge in [-0.1, -0.05) is 226 Å². The molecule has 0 aromatic heterocycles. The van der Waals surface area contributed by atoms with Gasteiger partial charge in [-0.25, -0.2) is 0 Å². The Hall–Kier alpha value is 0. The van der Waals surface area contributed by atoms with Crippen LogP contribution in [0.3, 0.4) is 0 Å². The fourth-order valence-corrected chi connectivity index (χ4v) is 7.67. The lowest BCUT2D eigenvalue weighted by Crippen LogP contribution is -2.23. The molecule has 0 aliphatic heterocycles. The fourth-order valence-electron chi connectivity index (χ4n) is 7.67. The van der Waals surface area contributed by atoms with Gasteiger partial charge in [0.05, 0.1) is 0 Å². The van der Waals surface area contributed by atoms with Gasteiger partial charge >= 0.3 is 0 Å². The largest absolute Gasteiger partial charge is 0.0776 e. The molecule has 0 aromatic rings. The maximum Gasteiger partial charge on any atom is -0.0411 e. The van der Waals surface area contributed by atoms with Crippen molar-refractivity contribution in [2.24, 2.45) is 35.5 Å². The fraction of sp³-hybridized carbons (Fsp3) is 1.00. The van der Waals surface area contributed by atoms with Gasteiger partial charge in [0.1, 0.15) is 0 Å². The maximum atomic E-state index is 2.12. The van der Waals surface area contributed by atoms with Crippen molar-refractivity contribution in [3.63, 3.8) is 0 Å². The van der Waals surface area contributed by atoms with Gasteiger partial charge < -0.3 is 0 Å². The van der Waals surface area contributed by atoms with Crippen LogP contribution in [0.15, 0.2) is 0 Å². The van der Waals surface area contributed by atoms with Crippen LogP contribution in [0.25, 0.3) is 0 Å². The summed E-state index contributed by atoms with van der Waals surface area (Å²) in [5, 5.41) is 0. The van der Waals surface area contributed by atoms with Crippen molar-refractivity contribution in [1.82, 2.24) is 0 Å². The van der Waals surface area contributed by atoms with Crippen LogP contribution in [0.4, 0.5) is 0 Å². The first-order valence-corrected chi connectivity index (χ1v) is 19.0. The van der Waals surface area contributed by atoms with Crippen molar-refractivity contribution < 1.29 is 0 Å². The Bertz CT molecular complexity index is 393. The summed E-state index contributed by atoms with van der Waals surface area (Å²) in [7, 11) is 0. The van der Waals surface area contributed by atoms with E-state index in [0.717, 1.165) is 35.5 Å². The Balaban J connectivity index is -0.000000263. The van der Waals surface area contributed by atoms with Crippen LogP contribution in [-0.4, -0.2) is 0 Å². The van der Waals surface area contributed by atoms with Gasteiger partial charge in [0, 0.05) is 0 Å². The predicted molar refractivity (Wildman–Crippen MR) is 209 cm³/mol. The predicted octanol–water partition coefficient (Wildman–Crippen LogP) is 17.1. The lowest BCUT2D eigenvalue weighted by molar-refractivity contribution is 0.160. The average Bonchev–Trinajstić information content (AvgIpc) is 2.94. The maximum absolute atomic E-state index is 2.12. The van der Waals surface area contributed by atoms with Crippen LogP contribution in [0.2, 0.25) is 0 Å². The Kier molecular flexibility index (Phi) is 46.6. The highest BCUT2D eigenvalue weighted by Gasteiger charge is 2.29. The van der Waals surface area contributed by atoms with Crippen molar-refractivity contribution >= 4 is 0 Å². The van der Waals surface area contributed by atoms with Gasteiger partial charge in [0.15, 0.2) is 0 Å². The molecule has 0 radical (unpaired) electrons. The summed E-state index contributed by atoms with van der Waals surface area (Å²) in [6.45, 7) is 17.0. The topological polar surface area (TPSA) is 0 Å². The Morgan fingerprint density at radius 1 is 0.256 bits per heavy atom. The average molecular weight is 613 g/mol. The summed E-state index contributed by atoms with van der Waals surface area (Å²) in [5.74, 6) is 6.64. The number of rotatable bonds is 6. The van der Waals surface area contributed by atoms with Crippen molar-refractivity contribution in [2.75, 3.05) is 0 Å². The SMILES string of the molecule is C.C.C.C.C1CCC(CC2CCC(CC3CCC(CC4CCCCC4)CC3)CC2)CC1.CCC.CCC.CCC.CCC. The van der Waals surface area contributed by atoms with E-state index < -0.39 is 0 Å². The van der Waals surface area contributed by atoms with Crippen LogP contribution < -0.4 is 0 Å². The van der Waals surface area contributed by atoms with Crippen LogP contribution in [0.1, 0.15) is 246 Å². The van der Waals surface area contributed by atoms with Crippen LogP contribution >= 0.6 is 0 Å². The highest BCUT2D eigenvalue weighted by atomic mass is 14.3. The molecule has 0 amide bonds. The molecule has 4 aliphatic rings. The van der Waals surface area contributed by atoms with E-state index in [-0.39, 0.29) is 29.7 Å². The molecule has 0 aromatic carbocycles. The summed E-state index contributed by atoms with van der Waals surface area (Å²) in [6, 6.07) is 0. The van der Waals surface area contributed by atoms with E-state index in [1.165, 1.54) is 64.2 Å². The summed E-state index contributed by atoms with van der Waals surface area (Å²) >= 11 is 0. The summed E-state index contributed by atoms with van der Waals surface area (Å²) in [6.07, 6.45) is 37.9. The Morgan fingerprint density at radius 2 is 0.395 bits per heavy atom. The third kappa shape index (κ3) is 29.2. The molecular weight excluding hydrogens is 516 g/mol. The molecule has 0 atom stereocenters. The van der Waals surface area contributed by atoms with Gasteiger partial charge in [-0.15, -0.1) is 0 Å². The standard InChI is InChI=1S/C27H48.4C3H8.4CH4/c1-3-7-22(8-4-1)19-24-11-15-26(16-12-24)21-27-17-13-25(14-18-27)20-23-9-5-2-6-10-23;4*1-3-2;;;;/h22-27H,1-21H2;4*3H2,1-2H3;4*1H4. The summed E-state index contributed by atoms with van der Waals surface area (Å²) in [5.41, 5.74) is 0. The van der Waals surface area contributed by atoms with E-state index >= 15 is 0 Å². The highest BCUT2D eigenvalue weighted by molar-refractivity contribution is 4.81. The molecule has 4 rings (SSSR count). The van der Waals surface area contributed by atoms with E-state index in [1.54, 1.807) is 96.3 Å². The zero-order chi connectivity index (χ0) is 29.1. The van der Waals surface area contributed by atoms with E-state index in [1.807, 2.05) is 0 Å². The molecule has 0 nitrogen and oxygen atoms in total. The van der Waals surface area contributed by atoms with Gasteiger partial charge in [-0.05, 0) is 54.8 Å². The molecule has 268 valence electrons. The van der Waals surface area contributed by atoms with Crippen LogP contribution in [0, 0.1) is 35.5 Å². The third-order valence-electron chi connectivity index (χ3n) is 9.38. The number of hydrogen-bond acceptors (Lipinski definition) is 0. The highest BCUT2D eigenvalue weighted by Crippen LogP contribution is 2.43. The molecule has 4 aliphatic carbocycles. The Morgan fingerprint density at radius 3 is 0.558 bits per heavy atom. The van der Waals surface area contributed by atoms with Gasteiger partial charge in [0.25, 0.3) is 0 Å². The first-order valence-electron chi connectivity index (χ1n) is 19.0. The molecular formula is C43H96. The van der Waals surface area contributed by atoms with Gasteiger partial charge in [-0.3, -0.25) is 0 Å². The molecule has 0 bridgehead atoms. The zero-order valence-electron chi connectivity index (χ0n) is 29.1. The van der Waals surface area contributed by atoms with Crippen molar-refractivity contribution in [1.29, 1.82) is 0 Å². The smallest absolute Gasteiger partial charge is 0.0411 e. The zero-order valence-corrected chi connectivity index (χ0v) is 29.1. The van der Waals surface area contributed by atoms with E-state index in [4.69, 9.17) is 0 Å². The normalized spacial score (nSPS) is 25.1. The second-order valence-corrected chi connectivity index (χ2v) is 14.3. The minimum Gasteiger partial charge on any atom is -0.0776 e. The molecule has 0 heterocycles. The van der Waals surface area contributed by atoms with E-state index in [2.05, 4.69) is 55.4 Å². The van der Waals surface area contributed by atoms with Crippen LogP contribution in [0.5, 0.6) is 0 Å². The quantitative estimate of drug-likeness (QED) is 0.280. The third-order valence-corrected chi connectivity index (χ3v) is 9.38. The van der Waals surface area contributed by atoms with E-state index in [9.17, 15) is 0 Å². The van der Waals surface area contributed by atoms with Gasteiger partial charge in [-0.2, -0.15) is 0 Å². The second kappa shape index (κ2) is 38.2. The minimum absolute atomic E-state index is 0. The first kappa shape index (κ1) is 52.5. The minimum atomic E-state index is 0. The monoisotopic (exact) mass is 613 g/mol. The van der Waals surface area contributed by atoms with Gasteiger partial charge in [0.2, 0.25) is 0 Å².